The van der Waals surface area contributed by atoms with Gasteiger partial charge in [-0.2, -0.15) is 8.78 Å². The Balaban J connectivity index is 2.32. The molecule has 1 atom stereocenters. The molecule has 1 aromatic heterocycles. The summed E-state index contributed by atoms with van der Waals surface area (Å²) in [7, 11) is 0. The van der Waals surface area contributed by atoms with Crippen molar-refractivity contribution in [3.8, 4) is 5.75 Å². The van der Waals surface area contributed by atoms with Crippen LogP contribution in [0.15, 0.2) is 36.4 Å². The van der Waals surface area contributed by atoms with Crippen LogP contribution in [-0.2, 0) is 0 Å². The zero-order valence-electron chi connectivity index (χ0n) is 9.57. The summed E-state index contributed by atoms with van der Waals surface area (Å²) < 4.78 is 29.2. The number of thiophene rings is 1. The minimum atomic E-state index is -2.81. The summed E-state index contributed by atoms with van der Waals surface area (Å²) in [6.07, 6.45) is 0. The monoisotopic (exact) mass is 332 g/mol. The van der Waals surface area contributed by atoms with Gasteiger partial charge >= 0.3 is 6.61 Å². The fourth-order valence-electron chi connectivity index (χ4n) is 1.64. The largest absolute Gasteiger partial charge is 0.434 e. The van der Waals surface area contributed by atoms with Crippen molar-refractivity contribution in [3.05, 3.63) is 51.7 Å². The Morgan fingerprint density at radius 1 is 1.17 bits per heavy atom. The Bertz CT molecular complexity index is 527. The van der Waals surface area contributed by atoms with Gasteiger partial charge in [0.25, 0.3) is 0 Å². The number of rotatable bonds is 4. The molecule has 0 aliphatic carbocycles. The highest BCUT2D eigenvalue weighted by molar-refractivity contribution is 9.09. The van der Waals surface area contributed by atoms with Gasteiger partial charge in [0.1, 0.15) is 5.75 Å². The molecule has 0 aliphatic rings. The molecule has 2 aromatic rings. The summed E-state index contributed by atoms with van der Waals surface area (Å²) in [5.74, 6) is 0.209. The van der Waals surface area contributed by atoms with Crippen LogP contribution in [0.5, 0.6) is 5.75 Å². The zero-order valence-corrected chi connectivity index (χ0v) is 12.0. The summed E-state index contributed by atoms with van der Waals surface area (Å²) in [5.41, 5.74) is 0.708. The van der Waals surface area contributed by atoms with Gasteiger partial charge in [0.05, 0.1) is 4.83 Å². The highest BCUT2D eigenvalue weighted by Crippen LogP contribution is 2.39. The van der Waals surface area contributed by atoms with Crippen molar-refractivity contribution in [3.63, 3.8) is 0 Å². The van der Waals surface area contributed by atoms with Crippen molar-refractivity contribution >= 4 is 27.3 Å². The number of benzene rings is 1. The van der Waals surface area contributed by atoms with E-state index in [9.17, 15) is 8.78 Å². The van der Waals surface area contributed by atoms with Crippen molar-refractivity contribution in [2.24, 2.45) is 0 Å². The number of halogens is 3. The minimum absolute atomic E-state index is 0.133. The first-order valence-corrected chi connectivity index (χ1v) is 7.05. The van der Waals surface area contributed by atoms with E-state index in [4.69, 9.17) is 0 Å². The average Bonchev–Trinajstić information content (AvgIpc) is 2.75. The van der Waals surface area contributed by atoms with Crippen molar-refractivity contribution < 1.29 is 13.5 Å². The van der Waals surface area contributed by atoms with E-state index < -0.39 is 6.61 Å². The molecule has 18 heavy (non-hydrogen) atoms. The SMILES string of the molecule is Cc1ccc(C(Br)c2ccccc2OC(F)F)s1. The Morgan fingerprint density at radius 2 is 1.89 bits per heavy atom. The molecule has 0 saturated carbocycles. The van der Waals surface area contributed by atoms with E-state index in [1.54, 1.807) is 29.5 Å². The van der Waals surface area contributed by atoms with E-state index in [2.05, 4.69) is 20.7 Å². The van der Waals surface area contributed by atoms with Crippen LogP contribution in [0.3, 0.4) is 0 Å². The number of hydrogen-bond acceptors (Lipinski definition) is 2. The number of para-hydroxylation sites is 1. The first-order valence-electron chi connectivity index (χ1n) is 5.32. The number of aryl methyl sites for hydroxylation is 1. The van der Waals surface area contributed by atoms with Gasteiger partial charge in [0, 0.05) is 15.3 Å². The normalized spacial score (nSPS) is 12.7. The van der Waals surface area contributed by atoms with E-state index in [0.717, 1.165) is 4.88 Å². The minimum Gasteiger partial charge on any atom is -0.434 e. The standard InChI is InChI=1S/C13H11BrF2OS/c1-8-6-7-11(18-8)12(14)9-4-2-3-5-10(9)17-13(15)16/h2-7,12-13H,1H3. The van der Waals surface area contributed by atoms with Crippen LogP contribution >= 0.6 is 27.3 Å². The van der Waals surface area contributed by atoms with E-state index in [-0.39, 0.29) is 10.6 Å². The van der Waals surface area contributed by atoms with Gasteiger partial charge in [0.15, 0.2) is 0 Å². The average molecular weight is 333 g/mol. The van der Waals surface area contributed by atoms with Crippen LogP contribution in [0.2, 0.25) is 0 Å². The fraction of sp³-hybridized carbons (Fsp3) is 0.231. The molecular formula is C13H11BrF2OS. The molecule has 0 aliphatic heterocycles. The van der Waals surface area contributed by atoms with Gasteiger partial charge in [0.2, 0.25) is 0 Å². The predicted molar refractivity (Wildman–Crippen MR) is 72.9 cm³/mol. The molecule has 1 unspecified atom stereocenters. The molecule has 0 radical (unpaired) electrons. The van der Waals surface area contributed by atoms with Crippen molar-refractivity contribution in [2.45, 2.75) is 18.4 Å². The second-order valence-electron chi connectivity index (χ2n) is 3.73. The third kappa shape index (κ3) is 3.09. The van der Waals surface area contributed by atoms with E-state index >= 15 is 0 Å². The molecule has 1 nitrogen and oxygen atoms in total. The van der Waals surface area contributed by atoms with Crippen molar-refractivity contribution in [1.29, 1.82) is 0 Å². The van der Waals surface area contributed by atoms with E-state index in [1.807, 2.05) is 25.1 Å². The highest BCUT2D eigenvalue weighted by Gasteiger charge is 2.18. The molecular weight excluding hydrogens is 322 g/mol. The first-order chi connectivity index (χ1) is 8.58. The molecule has 0 bridgehead atoms. The Hall–Kier alpha value is -0.940. The summed E-state index contributed by atoms with van der Waals surface area (Å²) in [6.45, 7) is -0.800. The molecule has 0 saturated heterocycles. The van der Waals surface area contributed by atoms with Crippen LogP contribution in [0, 0.1) is 6.92 Å². The molecule has 0 N–H and O–H groups in total. The van der Waals surface area contributed by atoms with E-state index in [0.29, 0.717) is 5.56 Å². The molecule has 96 valence electrons. The van der Waals surface area contributed by atoms with Crippen LogP contribution in [0.25, 0.3) is 0 Å². The Kier molecular flexibility index (Phi) is 4.35. The van der Waals surface area contributed by atoms with Crippen molar-refractivity contribution in [2.75, 3.05) is 0 Å². The van der Waals surface area contributed by atoms with Crippen LogP contribution in [0.1, 0.15) is 20.1 Å². The van der Waals surface area contributed by atoms with E-state index in [1.165, 1.54) is 4.88 Å². The Morgan fingerprint density at radius 3 is 2.50 bits per heavy atom. The van der Waals surface area contributed by atoms with Gasteiger partial charge in [-0.1, -0.05) is 34.1 Å². The number of hydrogen-bond donors (Lipinski definition) is 0. The lowest BCUT2D eigenvalue weighted by Crippen LogP contribution is -2.05. The third-order valence-electron chi connectivity index (χ3n) is 2.42. The molecule has 0 fully saturated rings. The van der Waals surface area contributed by atoms with Crippen molar-refractivity contribution in [1.82, 2.24) is 0 Å². The highest BCUT2D eigenvalue weighted by atomic mass is 79.9. The molecule has 0 spiro atoms. The summed E-state index contributed by atoms with van der Waals surface area (Å²) in [4.78, 5) is 2.12. The maximum Gasteiger partial charge on any atom is 0.387 e. The fourth-order valence-corrected chi connectivity index (χ4v) is 3.32. The van der Waals surface area contributed by atoms with Gasteiger partial charge in [-0.05, 0) is 25.1 Å². The molecule has 1 aromatic carbocycles. The van der Waals surface area contributed by atoms with Crippen LogP contribution in [0.4, 0.5) is 8.78 Å². The molecule has 2 rings (SSSR count). The van der Waals surface area contributed by atoms with Crippen LogP contribution in [-0.4, -0.2) is 6.61 Å². The maximum absolute atomic E-state index is 12.3. The smallest absolute Gasteiger partial charge is 0.387 e. The summed E-state index contributed by atoms with van der Waals surface area (Å²) in [6, 6.07) is 10.8. The second-order valence-corrected chi connectivity index (χ2v) is 5.96. The molecule has 1 heterocycles. The van der Waals surface area contributed by atoms with Gasteiger partial charge < -0.3 is 4.74 Å². The molecule has 0 amide bonds. The van der Waals surface area contributed by atoms with Gasteiger partial charge in [-0.15, -0.1) is 11.3 Å². The quantitative estimate of drug-likeness (QED) is 0.704. The summed E-state index contributed by atoms with van der Waals surface area (Å²) >= 11 is 5.16. The lowest BCUT2D eigenvalue weighted by molar-refractivity contribution is -0.0503. The number of ether oxygens (including phenoxy) is 1. The second kappa shape index (κ2) is 5.80. The Labute approximate surface area is 117 Å². The van der Waals surface area contributed by atoms with Crippen LogP contribution < -0.4 is 4.74 Å². The topological polar surface area (TPSA) is 9.23 Å². The lowest BCUT2D eigenvalue weighted by atomic mass is 10.1. The zero-order chi connectivity index (χ0) is 13.1. The maximum atomic E-state index is 12.3. The predicted octanol–water partition coefficient (Wildman–Crippen LogP) is 5.14. The lowest BCUT2D eigenvalue weighted by Gasteiger charge is -2.14. The molecule has 5 heteroatoms. The third-order valence-corrected chi connectivity index (χ3v) is 4.77. The first kappa shape index (κ1) is 13.5. The summed E-state index contributed by atoms with van der Waals surface area (Å²) in [5, 5.41) is 0. The van der Waals surface area contributed by atoms with Gasteiger partial charge in [-0.25, -0.2) is 0 Å². The van der Waals surface area contributed by atoms with Gasteiger partial charge in [-0.3, -0.25) is 0 Å². The number of alkyl halides is 3.